The Kier molecular flexibility index (Phi) is 4.49. The summed E-state index contributed by atoms with van der Waals surface area (Å²) in [6.07, 6.45) is 3.83. The Morgan fingerprint density at radius 2 is 2.20 bits per heavy atom. The van der Waals surface area contributed by atoms with Gasteiger partial charge in [0.1, 0.15) is 0 Å². The lowest BCUT2D eigenvalue weighted by atomic mass is 10.1. The average Bonchev–Trinajstić information content (AvgIpc) is 3.02. The van der Waals surface area contributed by atoms with Crippen molar-refractivity contribution in [1.29, 1.82) is 0 Å². The molecule has 0 amide bonds. The molecule has 1 aromatic carbocycles. The van der Waals surface area contributed by atoms with E-state index in [1.54, 1.807) is 0 Å². The number of hydrogen-bond acceptors (Lipinski definition) is 2. The van der Waals surface area contributed by atoms with Gasteiger partial charge in [-0.05, 0) is 75.4 Å². The van der Waals surface area contributed by atoms with Crippen LogP contribution in [0.5, 0.6) is 0 Å². The van der Waals surface area contributed by atoms with Crippen LogP contribution < -0.4 is 5.32 Å². The van der Waals surface area contributed by atoms with E-state index in [2.05, 4.69) is 58.2 Å². The van der Waals surface area contributed by atoms with Gasteiger partial charge in [0, 0.05) is 23.1 Å². The fourth-order valence-corrected chi connectivity index (χ4v) is 4.01. The van der Waals surface area contributed by atoms with Crippen molar-refractivity contribution in [2.75, 3.05) is 19.6 Å². The highest BCUT2D eigenvalue weighted by atomic mass is 79.9. The molecule has 2 nitrogen and oxygen atoms in total. The largest absolute Gasteiger partial charge is 0.310 e. The fraction of sp³-hybridized carbons (Fsp3) is 0.647. The van der Waals surface area contributed by atoms with Crippen LogP contribution >= 0.6 is 15.9 Å². The van der Waals surface area contributed by atoms with Crippen LogP contribution in [0.15, 0.2) is 22.7 Å². The number of hydrogen-bond donors (Lipinski definition) is 1. The Hall–Kier alpha value is -0.380. The maximum atomic E-state index is 3.82. The molecule has 0 spiro atoms. The molecular weight excluding hydrogens is 312 g/mol. The number of nitrogens with zero attached hydrogens (tertiary/aromatic N) is 1. The molecule has 2 aliphatic rings. The van der Waals surface area contributed by atoms with Crippen molar-refractivity contribution in [3.05, 3.63) is 33.8 Å². The highest BCUT2D eigenvalue weighted by molar-refractivity contribution is 9.10. The summed E-state index contributed by atoms with van der Waals surface area (Å²) in [7, 11) is 0. The number of nitrogens with one attached hydrogen (secondary N) is 1. The van der Waals surface area contributed by atoms with Gasteiger partial charge in [-0.25, -0.2) is 0 Å². The zero-order valence-electron chi connectivity index (χ0n) is 12.5. The molecule has 1 heterocycles. The Morgan fingerprint density at radius 1 is 1.35 bits per heavy atom. The van der Waals surface area contributed by atoms with E-state index in [0.29, 0.717) is 12.1 Å². The number of aryl methyl sites for hydroxylation is 1. The molecule has 1 fully saturated rings. The smallest absolute Gasteiger partial charge is 0.0326 e. The van der Waals surface area contributed by atoms with Crippen LogP contribution in [-0.2, 0) is 6.42 Å². The summed E-state index contributed by atoms with van der Waals surface area (Å²) in [6, 6.07) is 8.02. The van der Waals surface area contributed by atoms with Crippen molar-refractivity contribution >= 4 is 15.9 Å². The molecule has 2 unspecified atom stereocenters. The van der Waals surface area contributed by atoms with Gasteiger partial charge in [0.15, 0.2) is 0 Å². The Morgan fingerprint density at radius 3 is 2.95 bits per heavy atom. The van der Waals surface area contributed by atoms with E-state index in [4.69, 9.17) is 0 Å². The summed E-state index contributed by atoms with van der Waals surface area (Å²) in [5.74, 6) is 0.830. The molecule has 0 bridgehead atoms. The van der Waals surface area contributed by atoms with E-state index in [9.17, 15) is 0 Å². The Balaban J connectivity index is 1.54. The van der Waals surface area contributed by atoms with Crippen LogP contribution in [0.4, 0.5) is 0 Å². The summed E-state index contributed by atoms with van der Waals surface area (Å²) in [5, 5.41) is 3.82. The maximum Gasteiger partial charge on any atom is 0.0326 e. The van der Waals surface area contributed by atoms with Gasteiger partial charge in [0.05, 0.1) is 0 Å². The predicted octanol–water partition coefficient (Wildman–Crippen LogP) is 3.76. The van der Waals surface area contributed by atoms with E-state index >= 15 is 0 Å². The molecule has 1 aromatic rings. The zero-order chi connectivity index (χ0) is 14.1. The van der Waals surface area contributed by atoms with E-state index in [1.165, 1.54) is 54.5 Å². The van der Waals surface area contributed by atoms with Gasteiger partial charge in [-0.15, -0.1) is 0 Å². The standard InChI is InChI=1S/C17H25BrN2/c1-12(2)20-8-7-13(11-20)10-19-17-6-3-14-9-15(18)4-5-16(14)17/h4-5,9,12-13,17,19H,3,6-8,10-11H2,1-2H3. The van der Waals surface area contributed by atoms with E-state index in [1.807, 2.05) is 0 Å². The Labute approximate surface area is 131 Å². The number of halogens is 1. The summed E-state index contributed by atoms with van der Waals surface area (Å²) in [4.78, 5) is 2.60. The first-order valence-electron chi connectivity index (χ1n) is 7.89. The SMILES string of the molecule is CC(C)N1CCC(CNC2CCc3cc(Br)ccc32)C1. The predicted molar refractivity (Wildman–Crippen MR) is 88.0 cm³/mol. The molecule has 0 aromatic heterocycles. The van der Waals surface area contributed by atoms with Crippen molar-refractivity contribution < 1.29 is 0 Å². The van der Waals surface area contributed by atoms with Crippen molar-refractivity contribution in [2.45, 2.75) is 45.2 Å². The van der Waals surface area contributed by atoms with Gasteiger partial charge in [-0.3, -0.25) is 0 Å². The third-order valence-electron chi connectivity index (χ3n) is 4.88. The topological polar surface area (TPSA) is 15.3 Å². The van der Waals surface area contributed by atoms with Crippen LogP contribution in [0.25, 0.3) is 0 Å². The second kappa shape index (κ2) is 6.17. The van der Waals surface area contributed by atoms with E-state index < -0.39 is 0 Å². The van der Waals surface area contributed by atoms with Gasteiger partial charge in [-0.2, -0.15) is 0 Å². The van der Waals surface area contributed by atoms with Crippen LogP contribution in [0.2, 0.25) is 0 Å². The maximum absolute atomic E-state index is 3.82. The number of benzene rings is 1. The molecule has 0 saturated carbocycles. The summed E-state index contributed by atoms with van der Waals surface area (Å²) < 4.78 is 1.21. The third kappa shape index (κ3) is 3.10. The molecule has 3 heteroatoms. The Bertz CT molecular complexity index is 472. The van der Waals surface area contributed by atoms with Crippen LogP contribution in [-0.4, -0.2) is 30.6 Å². The molecule has 2 atom stereocenters. The zero-order valence-corrected chi connectivity index (χ0v) is 14.1. The molecule has 110 valence electrons. The first-order chi connectivity index (χ1) is 9.63. The van der Waals surface area contributed by atoms with Crippen molar-refractivity contribution in [2.24, 2.45) is 5.92 Å². The van der Waals surface area contributed by atoms with Gasteiger partial charge >= 0.3 is 0 Å². The summed E-state index contributed by atoms with van der Waals surface area (Å²) >= 11 is 3.57. The number of rotatable bonds is 4. The van der Waals surface area contributed by atoms with Crippen LogP contribution in [0, 0.1) is 5.92 Å². The van der Waals surface area contributed by atoms with Gasteiger partial charge in [0.25, 0.3) is 0 Å². The highest BCUT2D eigenvalue weighted by Crippen LogP contribution is 2.33. The quantitative estimate of drug-likeness (QED) is 0.900. The number of likely N-dealkylation sites (tertiary alicyclic amines) is 1. The first-order valence-corrected chi connectivity index (χ1v) is 8.68. The lowest BCUT2D eigenvalue weighted by Gasteiger charge is -2.21. The lowest BCUT2D eigenvalue weighted by molar-refractivity contribution is 0.262. The van der Waals surface area contributed by atoms with Gasteiger partial charge in [-0.1, -0.05) is 22.0 Å². The van der Waals surface area contributed by atoms with Gasteiger partial charge in [0.2, 0.25) is 0 Å². The van der Waals surface area contributed by atoms with E-state index in [0.717, 1.165) is 5.92 Å². The monoisotopic (exact) mass is 336 g/mol. The lowest BCUT2D eigenvalue weighted by Crippen LogP contribution is -2.31. The minimum atomic E-state index is 0.575. The van der Waals surface area contributed by atoms with Gasteiger partial charge < -0.3 is 10.2 Å². The van der Waals surface area contributed by atoms with Crippen LogP contribution in [0.3, 0.4) is 0 Å². The van der Waals surface area contributed by atoms with Crippen LogP contribution in [0.1, 0.15) is 43.9 Å². The molecule has 0 radical (unpaired) electrons. The second-order valence-electron chi connectivity index (χ2n) is 6.59. The van der Waals surface area contributed by atoms with Crippen molar-refractivity contribution in [3.8, 4) is 0 Å². The molecule has 1 saturated heterocycles. The molecule has 1 aliphatic heterocycles. The summed E-state index contributed by atoms with van der Waals surface area (Å²) in [5.41, 5.74) is 3.04. The molecule has 20 heavy (non-hydrogen) atoms. The average molecular weight is 337 g/mol. The molecule has 1 aliphatic carbocycles. The fourth-order valence-electron chi connectivity index (χ4n) is 3.61. The number of fused-ring (bicyclic) bond motifs is 1. The van der Waals surface area contributed by atoms with Crippen molar-refractivity contribution in [3.63, 3.8) is 0 Å². The normalized spacial score (nSPS) is 26.4. The third-order valence-corrected chi connectivity index (χ3v) is 5.38. The van der Waals surface area contributed by atoms with E-state index in [-0.39, 0.29) is 0 Å². The minimum Gasteiger partial charge on any atom is -0.310 e. The minimum absolute atomic E-state index is 0.575. The molecule has 3 rings (SSSR count). The second-order valence-corrected chi connectivity index (χ2v) is 7.50. The van der Waals surface area contributed by atoms with Crippen molar-refractivity contribution in [1.82, 2.24) is 10.2 Å². The molecular formula is C17H25BrN2. The molecule has 1 N–H and O–H groups in total. The summed E-state index contributed by atoms with van der Waals surface area (Å²) in [6.45, 7) is 8.33. The first kappa shape index (κ1) is 14.6. The highest BCUT2D eigenvalue weighted by Gasteiger charge is 2.27.